The zero-order valence-corrected chi connectivity index (χ0v) is 10.3. The van der Waals surface area contributed by atoms with Gasteiger partial charge in [-0.3, -0.25) is 9.71 Å². The van der Waals surface area contributed by atoms with Gasteiger partial charge in [0.05, 0.1) is 24.3 Å². The lowest BCUT2D eigenvalue weighted by Crippen LogP contribution is -2.14. The summed E-state index contributed by atoms with van der Waals surface area (Å²) in [6, 6.07) is 1.20. The summed E-state index contributed by atoms with van der Waals surface area (Å²) >= 11 is 5.44. The number of rotatable bonds is 3. The Morgan fingerprint density at radius 2 is 1.89 bits per heavy atom. The molecule has 1 N–H and O–H groups in total. The molecule has 2 aromatic heterocycles. The Hall–Kier alpha value is -1.80. The number of aromatic nitrogens is 3. The van der Waals surface area contributed by atoms with Crippen molar-refractivity contribution in [2.24, 2.45) is 0 Å². The second-order valence-electron chi connectivity index (χ2n) is 3.15. The molecule has 0 aliphatic carbocycles. The summed E-state index contributed by atoms with van der Waals surface area (Å²) in [6.07, 6.45) is 4.21. The number of halogens is 2. The third-order valence-corrected chi connectivity index (χ3v) is 3.44. The fourth-order valence-corrected chi connectivity index (χ4v) is 2.15. The maximum absolute atomic E-state index is 13.3. The molecule has 0 saturated heterocycles. The molecule has 0 bridgehead atoms. The molecule has 0 amide bonds. The van der Waals surface area contributed by atoms with Crippen LogP contribution < -0.4 is 4.72 Å². The average molecular weight is 289 g/mol. The predicted octanol–water partition coefficient (Wildman–Crippen LogP) is 1.46. The van der Waals surface area contributed by atoms with E-state index in [-0.39, 0.29) is 15.9 Å². The first-order valence-electron chi connectivity index (χ1n) is 4.59. The van der Waals surface area contributed by atoms with Gasteiger partial charge in [-0.2, -0.15) is 0 Å². The number of nitrogens with zero attached hydrogens (tertiary/aromatic N) is 3. The van der Waals surface area contributed by atoms with Gasteiger partial charge >= 0.3 is 0 Å². The second-order valence-corrected chi connectivity index (χ2v) is 5.17. The van der Waals surface area contributed by atoms with Crippen molar-refractivity contribution in [2.45, 2.75) is 4.90 Å². The van der Waals surface area contributed by atoms with Crippen LogP contribution in [0.15, 0.2) is 35.7 Å². The van der Waals surface area contributed by atoms with E-state index in [0.717, 1.165) is 18.6 Å². The summed E-state index contributed by atoms with van der Waals surface area (Å²) in [7, 11) is -3.95. The summed E-state index contributed by atoms with van der Waals surface area (Å²) < 4.78 is 39.0. The highest BCUT2D eigenvalue weighted by Gasteiger charge is 2.17. The number of pyridine rings is 1. The van der Waals surface area contributed by atoms with Crippen molar-refractivity contribution < 1.29 is 12.8 Å². The van der Waals surface area contributed by atoms with Crippen molar-refractivity contribution in [2.75, 3.05) is 4.72 Å². The van der Waals surface area contributed by atoms with Crippen molar-refractivity contribution in [3.05, 3.63) is 42.0 Å². The molecule has 0 aliphatic heterocycles. The number of sulfonamides is 1. The van der Waals surface area contributed by atoms with Crippen LogP contribution in [0.1, 0.15) is 0 Å². The van der Waals surface area contributed by atoms with E-state index >= 15 is 0 Å². The lowest BCUT2D eigenvalue weighted by Gasteiger charge is -2.07. The highest BCUT2D eigenvalue weighted by Crippen LogP contribution is 2.17. The Labute approximate surface area is 107 Å². The Morgan fingerprint density at radius 3 is 2.50 bits per heavy atom. The van der Waals surface area contributed by atoms with E-state index in [1.54, 1.807) is 0 Å². The van der Waals surface area contributed by atoms with Crippen LogP contribution in [0.3, 0.4) is 0 Å². The smallest absolute Gasteiger partial charge is 0.265 e. The van der Waals surface area contributed by atoms with Crippen molar-refractivity contribution in [3.8, 4) is 0 Å². The van der Waals surface area contributed by atoms with Crippen LogP contribution in [0.2, 0.25) is 5.28 Å². The Morgan fingerprint density at radius 1 is 1.22 bits per heavy atom. The Balaban J connectivity index is 2.33. The molecule has 6 nitrogen and oxygen atoms in total. The summed E-state index contributed by atoms with van der Waals surface area (Å²) in [5, 5.41) is -0.0796. The van der Waals surface area contributed by atoms with E-state index in [1.165, 1.54) is 12.3 Å². The minimum Gasteiger partial charge on any atom is -0.276 e. The normalized spacial score (nSPS) is 11.2. The predicted molar refractivity (Wildman–Crippen MR) is 62.0 cm³/mol. The molecule has 0 radical (unpaired) electrons. The first-order chi connectivity index (χ1) is 8.49. The lowest BCUT2D eigenvalue weighted by molar-refractivity contribution is 0.597. The van der Waals surface area contributed by atoms with Gasteiger partial charge in [0, 0.05) is 6.20 Å². The molecule has 0 unspecified atom stereocenters. The third-order valence-electron chi connectivity index (χ3n) is 1.92. The number of hydrogen-bond donors (Lipinski definition) is 1. The molecule has 0 atom stereocenters. The SMILES string of the molecule is O=S(=O)(Nc1ccncc1F)c1cnc(Cl)nc1. The van der Waals surface area contributed by atoms with Gasteiger partial charge in [-0.1, -0.05) is 0 Å². The topological polar surface area (TPSA) is 84.8 Å². The lowest BCUT2D eigenvalue weighted by atomic mass is 10.4. The van der Waals surface area contributed by atoms with E-state index in [1.807, 2.05) is 0 Å². The van der Waals surface area contributed by atoms with E-state index in [9.17, 15) is 12.8 Å². The van der Waals surface area contributed by atoms with E-state index in [2.05, 4.69) is 19.7 Å². The van der Waals surface area contributed by atoms with Gasteiger partial charge < -0.3 is 0 Å². The summed E-state index contributed by atoms with van der Waals surface area (Å²) in [5.41, 5.74) is -0.208. The highest BCUT2D eigenvalue weighted by molar-refractivity contribution is 7.92. The zero-order chi connectivity index (χ0) is 13.2. The molecule has 9 heteroatoms. The van der Waals surface area contributed by atoms with E-state index in [0.29, 0.717) is 0 Å². The largest absolute Gasteiger partial charge is 0.276 e. The van der Waals surface area contributed by atoms with Crippen LogP contribution in [0, 0.1) is 5.82 Å². The van der Waals surface area contributed by atoms with Gasteiger partial charge in [0.25, 0.3) is 10.0 Å². The fourth-order valence-electron chi connectivity index (χ4n) is 1.10. The molecule has 18 heavy (non-hydrogen) atoms. The number of anilines is 1. The quantitative estimate of drug-likeness (QED) is 0.864. The highest BCUT2D eigenvalue weighted by atomic mass is 35.5. The van der Waals surface area contributed by atoms with Gasteiger partial charge in [0.1, 0.15) is 4.90 Å². The van der Waals surface area contributed by atoms with Gasteiger partial charge in [-0.05, 0) is 17.7 Å². The summed E-state index contributed by atoms with van der Waals surface area (Å²) in [4.78, 5) is 10.4. The van der Waals surface area contributed by atoms with Gasteiger partial charge in [-0.15, -0.1) is 0 Å². The maximum Gasteiger partial charge on any atom is 0.265 e. The molecule has 2 heterocycles. The third kappa shape index (κ3) is 2.71. The first kappa shape index (κ1) is 12.7. The first-order valence-corrected chi connectivity index (χ1v) is 6.45. The van der Waals surface area contributed by atoms with Gasteiger partial charge in [-0.25, -0.2) is 22.8 Å². The molecular formula is C9H6ClFN4O2S. The Kier molecular flexibility index (Phi) is 3.39. The molecule has 2 aromatic rings. The zero-order valence-electron chi connectivity index (χ0n) is 8.71. The van der Waals surface area contributed by atoms with Crippen molar-refractivity contribution in [1.82, 2.24) is 15.0 Å². The van der Waals surface area contributed by atoms with Gasteiger partial charge in [0.15, 0.2) is 5.82 Å². The molecule has 0 saturated carbocycles. The van der Waals surface area contributed by atoms with Crippen molar-refractivity contribution >= 4 is 27.3 Å². The Bertz CT molecular complexity index is 663. The van der Waals surface area contributed by atoms with Crippen LogP contribution in [0.25, 0.3) is 0 Å². The minimum atomic E-state index is -3.95. The second kappa shape index (κ2) is 4.83. The number of hydrogen-bond acceptors (Lipinski definition) is 5. The van der Waals surface area contributed by atoms with Crippen molar-refractivity contribution in [3.63, 3.8) is 0 Å². The van der Waals surface area contributed by atoms with Crippen LogP contribution >= 0.6 is 11.6 Å². The van der Waals surface area contributed by atoms with Crippen LogP contribution in [0.5, 0.6) is 0 Å². The average Bonchev–Trinajstić information content (AvgIpc) is 2.32. The van der Waals surface area contributed by atoms with Crippen LogP contribution in [-0.2, 0) is 10.0 Å². The molecule has 0 aliphatic rings. The number of nitrogens with one attached hydrogen (secondary N) is 1. The van der Waals surface area contributed by atoms with Crippen LogP contribution in [-0.4, -0.2) is 23.4 Å². The molecule has 94 valence electrons. The van der Waals surface area contributed by atoms with Crippen molar-refractivity contribution in [1.29, 1.82) is 0 Å². The standard InChI is InChI=1S/C9H6ClFN4O2S/c10-9-13-3-6(4-14-9)18(16,17)15-8-1-2-12-5-7(8)11/h1-5H,(H,12,15). The van der Waals surface area contributed by atoms with Crippen LogP contribution in [0.4, 0.5) is 10.1 Å². The molecule has 0 fully saturated rings. The summed E-state index contributed by atoms with van der Waals surface area (Å²) in [6.45, 7) is 0. The molecular weight excluding hydrogens is 283 g/mol. The molecule has 2 rings (SSSR count). The minimum absolute atomic E-state index is 0.0796. The maximum atomic E-state index is 13.3. The molecule has 0 aromatic carbocycles. The molecule has 0 spiro atoms. The van der Waals surface area contributed by atoms with E-state index in [4.69, 9.17) is 11.6 Å². The summed E-state index contributed by atoms with van der Waals surface area (Å²) in [5.74, 6) is -0.782. The van der Waals surface area contributed by atoms with E-state index < -0.39 is 15.8 Å². The monoisotopic (exact) mass is 288 g/mol. The van der Waals surface area contributed by atoms with Gasteiger partial charge in [0.2, 0.25) is 5.28 Å². The fraction of sp³-hybridized carbons (Fsp3) is 0.